The predicted octanol–water partition coefficient (Wildman–Crippen LogP) is 5.07. The summed E-state index contributed by atoms with van der Waals surface area (Å²) in [4.78, 5) is 5.01. The predicted molar refractivity (Wildman–Crippen MR) is 142 cm³/mol. The quantitative estimate of drug-likeness (QED) is 0.303. The summed E-state index contributed by atoms with van der Waals surface area (Å²) >= 11 is 0. The van der Waals surface area contributed by atoms with E-state index in [1.54, 1.807) is 7.11 Å². The Morgan fingerprint density at radius 3 is 2.49 bits per heavy atom. The van der Waals surface area contributed by atoms with Crippen molar-refractivity contribution in [2.75, 3.05) is 51.3 Å². The molecule has 1 aliphatic heterocycles. The monoisotopic (exact) mass is 470 g/mol. The number of piperazine rings is 1. The lowest BCUT2D eigenvalue weighted by atomic mass is 10.2. The van der Waals surface area contributed by atoms with Gasteiger partial charge in [-0.25, -0.2) is 0 Å². The van der Waals surface area contributed by atoms with Crippen LogP contribution in [0.4, 0.5) is 5.69 Å². The van der Waals surface area contributed by atoms with Crippen molar-refractivity contribution in [1.29, 1.82) is 0 Å². The summed E-state index contributed by atoms with van der Waals surface area (Å²) in [5.41, 5.74) is 3.63. The molecule has 1 aromatic heterocycles. The molecule has 0 spiro atoms. The second-order valence-electron chi connectivity index (χ2n) is 9.09. The maximum absolute atomic E-state index is 5.99. The number of methoxy groups -OCH3 is 1. The van der Waals surface area contributed by atoms with Crippen molar-refractivity contribution in [3.05, 3.63) is 84.6 Å². The second-order valence-corrected chi connectivity index (χ2v) is 9.09. The number of para-hydroxylation sites is 1. The van der Waals surface area contributed by atoms with E-state index in [2.05, 4.69) is 75.6 Å². The summed E-state index contributed by atoms with van der Waals surface area (Å²) in [6.45, 7) is 6.97. The highest BCUT2D eigenvalue weighted by Gasteiger charge is 2.17. The summed E-state index contributed by atoms with van der Waals surface area (Å²) in [5, 5.41) is 5.69. The fourth-order valence-electron chi connectivity index (χ4n) is 4.68. The largest absolute Gasteiger partial charge is 0.497 e. The maximum atomic E-state index is 5.99. The molecular formula is C29H34N4O2. The first-order chi connectivity index (χ1) is 17.3. The van der Waals surface area contributed by atoms with Crippen molar-refractivity contribution in [3.63, 3.8) is 0 Å². The van der Waals surface area contributed by atoms with Crippen LogP contribution < -0.4 is 14.4 Å². The third kappa shape index (κ3) is 5.95. The number of rotatable bonds is 10. The molecule has 2 heterocycles. The topological polar surface area (TPSA) is 42.8 Å². The minimum Gasteiger partial charge on any atom is -0.497 e. The van der Waals surface area contributed by atoms with Crippen LogP contribution in [0.15, 0.2) is 79.0 Å². The maximum Gasteiger partial charge on any atom is 0.120 e. The van der Waals surface area contributed by atoms with E-state index in [0.29, 0.717) is 0 Å². The van der Waals surface area contributed by atoms with E-state index < -0.39 is 0 Å². The first kappa shape index (κ1) is 23.2. The van der Waals surface area contributed by atoms with Crippen LogP contribution in [0.5, 0.6) is 11.5 Å². The molecule has 5 rings (SSSR count). The molecule has 6 nitrogen and oxygen atoms in total. The lowest BCUT2D eigenvalue weighted by molar-refractivity contribution is 0.238. The Balaban J connectivity index is 0.997. The average Bonchev–Trinajstić information content (AvgIpc) is 3.32. The second kappa shape index (κ2) is 11.3. The van der Waals surface area contributed by atoms with Gasteiger partial charge in [-0.1, -0.05) is 36.4 Å². The molecule has 182 valence electrons. The molecule has 0 atom stereocenters. The van der Waals surface area contributed by atoms with E-state index >= 15 is 0 Å². The number of nitrogens with zero attached hydrogens (tertiary/aromatic N) is 4. The van der Waals surface area contributed by atoms with Crippen LogP contribution in [0.1, 0.15) is 18.4 Å². The number of fused-ring (bicyclic) bond motifs is 1. The number of hydrogen-bond acceptors (Lipinski definition) is 5. The van der Waals surface area contributed by atoms with E-state index in [1.165, 1.54) is 16.6 Å². The van der Waals surface area contributed by atoms with Gasteiger partial charge in [-0.2, -0.15) is 5.10 Å². The molecule has 6 heteroatoms. The standard InChI is InChI=1S/C29H34N4O2/c1-34-28-9-6-8-26(21-28)32-18-16-31(17-19-32)15-4-5-20-35-27-13-11-24(12-14-27)23-33-29-10-3-2-7-25(29)22-30-33/h2-3,6-14,21-22H,4-5,15-20,23H2,1H3. The summed E-state index contributed by atoms with van der Waals surface area (Å²) in [6, 6.07) is 25.1. The van der Waals surface area contributed by atoms with Crippen molar-refractivity contribution >= 4 is 16.6 Å². The summed E-state index contributed by atoms with van der Waals surface area (Å²) < 4.78 is 13.4. The molecule has 0 saturated carbocycles. The first-order valence-corrected chi connectivity index (χ1v) is 12.5. The highest BCUT2D eigenvalue weighted by atomic mass is 16.5. The number of hydrogen-bond donors (Lipinski definition) is 0. The lowest BCUT2D eigenvalue weighted by Crippen LogP contribution is -2.46. The summed E-state index contributed by atoms with van der Waals surface area (Å²) in [6.07, 6.45) is 4.15. The molecular weight excluding hydrogens is 436 g/mol. The summed E-state index contributed by atoms with van der Waals surface area (Å²) in [5.74, 6) is 1.86. The van der Waals surface area contributed by atoms with Crippen LogP contribution in [0.3, 0.4) is 0 Å². The zero-order valence-corrected chi connectivity index (χ0v) is 20.5. The molecule has 35 heavy (non-hydrogen) atoms. The highest BCUT2D eigenvalue weighted by Crippen LogP contribution is 2.22. The van der Waals surface area contributed by atoms with Gasteiger partial charge in [0.15, 0.2) is 0 Å². The van der Waals surface area contributed by atoms with Gasteiger partial charge in [-0.15, -0.1) is 0 Å². The van der Waals surface area contributed by atoms with Crippen LogP contribution in [-0.2, 0) is 6.54 Å². The van der Waals surface area contributed by atoms with Crippen molar-refractivity contribution in [1.82, 2.24) is 14.7 Å². The third-order valence-corrected chi connectivity index (χ3v) is 6.73. The molecule has 0 aliphatic carbocycles. The zero-order chi connectivity index (χ0) is 23.9. The van der Waals surface area contributed by atoms with E-state index in [1.807, 2.05) is 23.0 Å². The van der Waals surface area contributed by atoms with Crippen LogP contribution in [0.2, 0.25) is 0 Å². The Labute approximate surface area is 207 Å². The molecule has 0 bridgehead atoms. The molecule has 4 aromatic rings. The van der Waals surface area contributed by atoms with Gasteiger partial charge in [-0.05, 0) is 55.3 Å². The SMILES string of the molecule is COc1cccc(N2CCN(CCCCOc3ccc(Cn4ncc5ccccc54)cc3)CC2)c1. The van der Waals surface area contributed by atoms with E-state index in [4.69, 9.17) is 9.47 Å². The molecule has 1 fully saturated rings. The number of unbranched alkanes of at least 4 members (excludes halogenated alkanes) is 1. The minimum atomic E-state index is 0.757. The molecule has 1 aliphatic rings. The van der Waals surface area contributed by atoms with Gasteiger partial charge in [-0.3, -0.25) is 9.58 Å². The van der Waals surface area contributed by atoms with Gasteiger partial charge in [0.25, 0.3) is 0 Å². The fourth-order valence-corrected chi connectivity index (χ4v) is 4.68. The van der Waals surface area contributed by atoms with E-state index in [-0.39, 0.29) is 0 Å². The smallest absolute Gasteiger partial charge is 0.120 e. The van der Waals surface area contributed by atoms with Crippen molar-refractivity contribution in [3.8, 4) is 11.5 Å². The zero-order valence-electron chi connectivity index (χ0n) is 20.5. The Bertz CT molecular complexity index is 1210. The Morgan fingerprint density at radius 2 is 1.66 bits per heavy atom. The van der Waals surface area contributed by atoms with Gasteiger partial charge in [0, 0.05) is 43.3 Å². The summed E-state index contributed by atoms with van der Waals surface area (Å²) in [7, 11) is 1.72. The lowest BCUT2D eigenvalue weighted by Gasteiger charge is -2.36. The van der Waals surface area contributed by atoms with Crippen LogP contribution in [-0.4, -0.2) is 61.1 Å². The van der Waals surface area contributed by atoms with Crippen molar-refractivity contribution in [2.45, 2.75) is 19.4 Å². The van der Waals surface area contributed by atoms with Crippen LogP contribution in [0, 0.1) is 0 Å². The Morgan fingerprint density at radius 1 is 0.829 bits per heavy atom. The van der Waals surface area contributed by atoms with Gasteiger partial charge in [0.2, 0.25) is 0 Å². The number of benzene rings is 3. The van der Waals surface area contributed by atoms with E-state index in [0.717, 1.165) is 75.7 Å². The van der Waals surface area contributed by atoms with Crippen molar-refractivity contribution in [2.24, 2.45) is 0 Å². The number of anilines is 1. The van der Waals surface area contributed by atoms with Crippen LogP contribution in [0.25, 0.3) is 10.9 Å². The van der Waals surface area contributed by atoms with E-state index in [9.17, 15) is 0 Å². The molecule has 0 radical (unpaired) electrons. The van der Waals surface area contributed by atoms with Crippen LogP contribution >= 0.6 is 0 Å². The highest BCUT2D eigenvalue weighted by molar-refractivity contribution is 5.78. The average molecular weight is 471 g/mol. The van der Waals surface area contributed by atoms with Gasteiger partial charge in [0.05, 0.1) is 32.0 Å². The number of aromatic nitrogens is 2. The molecule has 0 amide bonds. The molecule has 0 N–H and O–H groups in total. The Hall–Kier alpha value is -3.51. The Kier molecular flexibility index (Phi) is 7.49. The normalized spacial score (nSPS) is 14.4. The first-order valence-electron chi connectivity index (χ1n) is 12.5. The van der Waals surface area contributed by atoms with Gasteiger partial charge < -0.3 is 14.4 Å². The molecule has 0 unspecified atom stereocenters. The molecule has 1 saturated heterocycles. The third-order valence-electron chi connectivity index (χ3n) is 6.73. The minimum absolute atomic E-state index is 0.757. The molecule has 3 aromatic carbocycles. The van der Waals surface area contributed by atoms with Gasteiger partial charge in [0.1, 0.15) is 11.5 Å². The number of ether oxygens (including phenoxy) is 2. The van der Waals surface area contributed by atoms with Gasteiger partial charge >= 0.3 is 0 Å². The van der Waals surface area contributed by atoms with Crippen molar-refractivity contribution < 1.29 is 9.47 Å². The fraction of sp³-hybridized carbons (Fsp3) is 0.345.